The number of nitrogens with one attached hydrogen (secondary N) is 2. The zero-order valence-corrected chi connectivity index (χ0v) is 20.9. The second-order valence-corrected chi connectivity index (χ2v) is 9.94. The van der Waals surface area contributed by atoms with Crippen LogP contribution in [0.3, 0.4) is 0 Å². The summed E-state index contributed by atoms with van der Waals surface area (Å²) in [6, 6.07) is 9.66. The molecule has 1 amide bonds. The summed E-state index contributed by atoms with van der Waals surface area (Å²) in [4.78, 5) is 13.0. The van der Waals surface area contributed by atoms with Crippen molar-refractivity contribution in [3.63, 3.8) is 0 Å². The minimum Gasteiger partial charge on any atom is -0.493 e. The maximum atomic E-state index is 13.0. The SMILES string of the molecule is COCCNS(=O)(=O)c1ccc(C)c(C(=O)NC(C)c2ccc(OCC(C)C)c(OC)c2)c1. The molecule has 0 aliphatic heterocycles. The molecule has 0 aromatic heterocycles. The van der Waals surface area contributed by atoms with Gasteiger partial charge < -0.3 is 19.5 Å². The summed E-state index contributed by atoms with van der Waals surface area (Å²) in [6.45, 7) is 8.71. The predicted octanol–water partition coefficient (Wildman–Crippen LogP) is 3.45. The van der Waals surface area contributed by atoms with Crippen molar-refractivity contribution in [3.8, 4) is 11.5 Å². The van der Waals surface area contributed by atoms with E-state index in [1.165, 1.54) is 19.2 Å². The molecule has 1 atom stereocenters. The molecular formula is C24H34N2O6S. The van der Waals surface area contributed by atoms with E-state index in [0.29, 0.717) is 35.2 Å². The van der Waals surface area contributed by atoms with Crippen LogP contribution in [0, 0.1) is 12.8 Å². The molecule has 0 aliphatic carbocycles. The van der Waals surface area contributed by atoms with Gasteiger partial charge in [-0.15, -0.1) is 0 Å². The van der Waals surface area contributed by atoms with Gasteiger partial charge in [-0.1, -0.05) is 26.0 Å². The van der Waals surface area contributed by atoms with E-state index in [9.17, 15) is 13.2 Å². The fourth-order valence-electron chi connectivity index (χ4n) is 3.06. The van der Waals surface area contributed by atoms with Crippen molar-refractivity contribution in [2.45, 2.75) is 38.6 Å². The highest BCUT2D eigenvalue weighted by molar-refractivity contribution is 7.89. The number of carbonyl (C=O) groups excluding carboxylic acids is 1. The Balaban J connectivity index is 2.19. The molecule has 9 heteroatoms. The van der Waals surface area contributed by atoms with Crippen LogP contribution >= 0.6 is 0 Å². The van der Waals surface area contributed by atoms with Crippen LogP contribution in [-0.2, 0) is 14.8 Å². The average Bonchev–Trinajstić information content (AvgIpc) is 2.77. The Hall–Kier alpha value is -2.62. The van der Waals surface area contributed by atoms with E-state index in [0.717, 1.165) is 5.56 Å². The quantitative estimate of drug-likeness (QED) is 0.453. The molecule has 8 nitrogen and oxygen atoms in total. The number of ether oxygens (including phenoxy) is 3. The van der Waals surface area contributed by atoms with Crippen LogP contribution in [0.2, 0.25) is 0 Å². The molecule has 0 fully saturated rings. The maximum absolute atomic E-state index is 13.0. The number of rotatable bonds is 12. The first kappa shape index (κ1) is 26.6. The summed E-state index contributed by atoms with van der Waals surface area (Å²) in [6.07, 6.45) is 0. The third-order valence-electron chi connectivity index (χ3n) is 4.97. The highest BCUT2D eigenvalue weighted by Gasteiger charge is 2.20. The van der Waals surface area contributed by atoms with Crippen molar-refractivity contribution in [2.24, 2.45) is 5.92 Å². The molecule has 0 aliphatic rings. The number of amides is 1. The Bertz CT molecular complexity index is 1050. The van der Waals surface area contributed by atoms with Crippen LogP contribution in [0.1, 0.15) is 48.3 Å². The van der Waals surface area contributed by atoms with Crippen LogP contribution in [0.15, 0.2) is 41.3 Å². The van der Waals surface area contributed by atoms with Crippen molar-refractivity contribution < 1.29 is 27.4 Å². The standard InChI is InChI=1S/C24H34N2O6S/c1-16(2)15-32-22-10-8-19(13-23(22)31-6)18(4)26-24(27)21-14-20(9-7-17(21)3)33(28,29)25-11-12-30-5/h7-10,13-14,16,18,25H,11-12,15H2,1-6H3,(H,26,27). The fourth-order valence-corrected chi connectivity index (χ4v) is 4.10. The molecule has 182 valence electrons. The van der Waals surface area contributed by atoms with E-state index in [1.54, 1.807) is 20.1 Å². The van der Waals surface area contributed by atoms with Crippen molar-refractivity contribution >= 4 is 15.9 Å². The first-order chi connectivity index (χ1) is 15.6. The number of hydrogen-bond donors (Lipinski definition) is 2. The first-order valence-electron chi connectivity index (χ1n) is 10.8. The Morgan fingerprint density at radius 1 is 1.03 bits per heavy atom. The Morgan fingerprint density at radius 3 is 2.39 bits per heavy atom. The van der Waals surface area contributed by atoms with Gasteiger partial charge in [0.2, 0.25) is 10.0 Å². The third kappa shape index (κ3) is 7.45. The molecule has 0 heterocycles. The van der Waals surface area contributed by atoms with Gasteiger partial charge in [0.1, 0.15) is 0 Å². The van der Waals surface area contributed by atoms with Gasteiger partial charge in [0, 0.05) is 19.2 Å². The van der Waals surface area contributed by atoms with Gasteiger partial charge in [-0.05, 0) is 55.2 Å². The van der Waals surface area contributed by atoms with Crippen molar-refractivity contribution in [1.29, 1.82) is 0 Å². The second kappa shape index (κ2) is 12.0. The molecule has 33 heavy (non-hydrogen) atoms. The minimum absolute atomic E-state index is 0.0235. The molecule has 2 N–H and O–H groups in total. The van der Waals surface area contributed by atoms with Crippen LogP contribution < -0.4 is 19.5 Å². The third-order valence-corrected chi connectivity index (χ3v) is 6.43. The Morgan fingerprint density at radius 2 is 1.76 bits per heavy atom. The van der Waals surface area contributed by atoms with Crippen LogP contribution in [0.25, 0.3) is 0 Å². The molecule has 0 bridgehead atoms. The van der Waals surface area contributed by atoms with Crippen molar-refractivity contribution in [2.75, 3.05) is 34.0 Å². The van der Waals surface area contributed by atoms with E-state index in [1.807, 2.05) is 25.1 Å². The molecule has 2 rings (SSSR count). The maximum Gasteiger partial charge on any atom is 0.252 e. The number of benzene rings is 2. The first-order valence-corrected chi connectivity index (χ1v) is 12.3. The van der Waals surface area contributed by atoms with E-state index >= 15 is 0 Å². The normalized spacial score (nSPS) is 12.5. The Labute approximate surface area is 196 Å². The predicted molar refractivity (Wildman–Crippen MR) is 127 cm³/mol. The van der Waals surface area contributed by atoms with Gasteiger partial charge in [0.15, 0.2) is 11.5 Å². The van der Waals surface area contributed by atoms with Crippen molar-refractivity contribution in [1.82, 2.24) is 10.0 Å². The topological polar surface area (TPSA) is 103 Å². The van der Waals surface area contributed by atoms with Gasteiger partial charge in [-0.3, -0.25) is 4.79 Å². The summed E-state index contributed by atoms with van der Waals surface area (Å²) in [5, 5.41) is 2.93. The zero-order chi connectivity index (χ0) is 24.6. The van der Waals surface area contributed by atoms with Crippen LogP contribution in [0.4, 0.5) is 0 Å². The van der Waals surface area contributed by atoms with Crippen molar-refractivity contribution in [3.05, 3.63) is 53.1 Å². The smallest absolute Gasteiger partial charge is 0.252 e. The molecule has 0 saturated carbocycles. The van der Waals surface area contributed by atoms with Gasteiger partial charge in [0.05, 0.1) is 31.3 Å². The lowest BCUT2D eigenvalue weighted by atomic mass is 10.0. The van der Waals surface area contributed by atoms with Gasteiger partial charge in [-0.25, -0.2) is 13.1 Å². The largest absolute Gasteiger partial charge is 0.493 e. The second-order valence-electron chi connectivity index (χ2n) is 8.18. The average molecular weight is 479 g/mol. The molecular weight excluding hydrogens is 444 g/mol. The lowest BCUT2D eigenvalue weighted by Crippen LogP contribution is -2.29. The van der Waals surface area contributed by atoms with E-state index < -0.39 is 10.0 Å². The van der Waals surface area contributed by atoms with Gasteiger partial charge >= 0.3 is 0 Å². The molecule has 2 aromatic rings. The number of hydrogen-bond acceptors (Lipinski definition) is 6. The highest BCUT2D eigenvalue weighted by Crippen LogP contribution is 2.31. The monoisotopic (exact) mass is 478 g/mol. The number of aryl methyl sites for hydroxylation is 1. The number of sulfonamides is 1. The van der Waals surface area contributed by atoms with E-state index in [2.05, 4.69) is 23.9 Å². The van der Waals surface area contributed by atoms with E-state index in [-0.39, 0.29) is 30.0 Å². The van der Waals surface area contributed by atoms with Gasteiger partial charge in [-0.2, -0.15) is 0 Å². The van der Waals surface area contributed by atoms with Crippen LogP contribution in [0.5, 0.6) is 11.5 Å². The molecule has 0 saturated heterocycles. The Kier molecular flexibility index (Phi) is 9.70. The summed E-state index contributed by atoms with van der Waals surface area (Å²) in [5.74, 6) is 1.24. The fraction of sp³-hybridized carbons (Fsp3) is 0.458. The summed E-state index contributed by atoms with van der Waals surface area (Å²) in [5.41, 5.74) is 1.80. The molecule has 0 spiro atoms. The summed E-state index contributed by atoms with van der Waals surface area (Å²) in [7, 11) is -0.690. The van der Waals surface area contributed by atoms with E-state index in [4.69, 9.17) is 14.2 Å². The number of carbonyl (C=O) groups is 1. The van der Waals surface area contributed by atoms with Crippen LogP contribution in [-0.4, -0.2) is 48.3 Å². The lowest BCUT2D eigenvalue weighted by Gasteiger charge is -2.18. The van der Waals surface area contributed by atoms with Gasteiger partial charge in [0.25, 0.3) is 5.91 Å². The minimum atomic E-state index is -3.75. The lowest BCUT2D eigenvalue weighted by molar-refractivity contribution is 0.0939. The molecule has 1 unspecified atom stereocenters. The molecule has 0 radical (unpaired) electrons. The molecule has 2 aromatic carbocycles. The highest BCUT2D eigenvalue weighted by atomic mass is 32.2. The summed E-state index contributed by atoms with van der Waals surface area (Å²) < 4.78 is 43.6. The summed E-state index contributed by atoms with van der Waals surface area (Å²) >= 11 is 0. The zero-order valence-electron chi connectivity index (χ0n) is 20.1. The number of methoxy groups -OCH3 is 2.